The van der Waals surface area contributed by atoms with Crippen molar-refractivity contribution in [3.8, 4) is 11.5 Å². The molecule has 0 radical (unpaired) electrons. The van der Waals surface area contributed by atoms with Gasteiger partial charge >= 0.3 is 12.7 Å². The molecule has 1 atom stereocenters. The van der Waals surface area contributed by atoms with Gasteiger partial charge in [0.15, 0.2) is 10.8 Å². The highest BCUT2D eigenvalue weighted by atomic mass is 32.2. The van der Waals surface area contributed by atoms with Crippen LogP contribution in [-0.2, 0) is 21.4 Å². The topological polar surface area (TPSA) is 147 Å². The monoisotopic (exact) mass is 692 g/mol. The number of hydrogen-bond acceptors (Lipinski definition) is 10. The van der Waals surface area contributed by atoms with Gasteiger partial charge in [0, 0.05) is 26.2 Å². The number of hydrogen-bond donors (Lipinski definition) is 2. The fourth-order valence-corrected chi connectivity index (χ4v) is 7.08. The van der Waals surface area contributed by atoms with Gasteiger partial charge in [0.1, 0.15) is 28.1 Å². The number of H-pyrrole nitrogens is 1. The first kappa shape index (κ1) is 32.9. The number of nitrogens with zero attached hydrogens (tertiary/aromatic N) is 4. The van der Waals surface area contributed by atoms with E-state index in [4.69, 9.17) is 0 Å². The van der Waals surface area contributed by atoms with Crippen LogP contribution in [0.5, 0.6) is 11.5 Å². The molecular formula is C26H22F6N6O6S2. The van der Waals surface area contributed by atoms with Crippen LogP contribution < -0.4 is 25.2 Å². The Morgan fingerprint density at radius 3 is 2.15 bits per heavy atom. The zero-order valence-corrected chi connectivity index (χ0v) is 25.0. The number of carbonyl (C=O) groups excluding carboxylic acids is 1. The van der Waals surface area contributed by atoms with Gasteiger partial charge in [-0.2, -0.15) is 9.29 Å². The lowest BCUT2D eigenvalue weighted by atomic mass is 10.1. The summed E-state index contributed by atoms with van der Waals surface area (Å²) >= 11 is 0.991. The van der Waals surface area contributed by atoms with Crippen LogP contribution in [0.25, 0.3) is 10.3 Å². The largest absolute Gasteiger partial charge is 0.573 e. The Morgan fingerprint density at radius 2 is 1.57 bits per heavy atom. The molecule has 246 valence electrons. The highest BCUT2D eigenvalue weighted by Crippen LogP contribution is 2.31. The molecule has 20 heteroatoms. The molecule has 0 unspecified atom stereocenters. The van der Waals surface area contributed by atoms with Crippen molar-refractivity contribution in [1.29, 1.82) is 0 Å². The van der Waals surface area contributed by atoms with Gasteiger partial charge in [-0.25, -0.2) is 13.4 Å². The summed E-state index contributed by atoms with van der Waals surface area (Å²) in [6.45, 7) is 0.899. The van der Waals surface area contributed by atoms with Gasteiger partial charge < -0.3 is 24.7 Å². The molecular weight excluding hydrogens is 670 g/mol. The lowest BCUT2D eigenvalue weighted by molar-refractivity contribution is -0.275. The van der Waals surface area contributed by atoms with Crippen LogP contribution in [-0.4, -0.2) is 72.0 Å². The lowest BCUT2D eigenvalue weighted by Crippen LogP contribution is -2.60. The van der Waals surface area contributed by atoms with Gasteiger partial charge in [0.25, 0.3) is 5.56 Å². The summed E-state index contributed by atoms with van der Waals surface area (Å²) in [5.74, 6) is -1.58. The molecule has 1 amide bonds. The summed E-state index contributed by atoms with van der Waals surface area (Å²) in [7, 11) is -4.46. The van der Waals surface area contributed by atoms with Crippen LogP contribution in [0.15, 0.2) is 58.2 Å². The maximum atomic E-state index is 13.7. The fraction of sp³-hybridized carbons (Fsp3) is 0.308. The van der Waals surface area contributed by atoms with Crippen molar-refractivity contribution in [1.82, 2.24) is 24.6 Å². The second-order valence-corrected chi connectivity index (χ2v) is 12.7. The second kappa shape index (κ2) is 12.4. The van der Waals surface area contributed by atoms with Crippen molar-refractivity contribution in [3.63, 3.8) is 0 Å². The van der Waals surface area contributed by atoms with Gasteiger partial charge in [0.2, 0.25) is 15.9 Å². The number of aryl methyl sites for hydroxylation is 1. The Hall–Kier alpha value is -4.43. The number of carbonyl (C=O) groups is 1. The van der Waals surface area contributed by atoms with E-state index in [1.54, 1.807) is 11.8 Å². The Balaban J connectivity index is 1.40. The molecule has 2 aromatic heterocycles. The van der Waals surface area contributed by atoms with Crippen LogP contribution in [0, 0.1) is 6.92 Å². The van der Waals surface area contributed by atoms with Crippen molar-refractivity contribution in [2.45, 2.75) is 37.1 Å². The first-order valence-corrected chi connectivity index (χ1v) is 15.4. The van der Waals surface area contributed by atoms with Gasteiger partial charge in [-0.3, -0.25) is 9.59 Å². The maximum Gasteiger partial charge on any atom is 0.573 e. The number of aromatic amines is 1. The van der Waals surface area contributed by atoms with Crippen LogP contribution in [0.4, 0.5) is 31.5 Å². The van der Waals surface area contributed by atoms with E-state index in [0.717, 1.165) is 52.0 Å². The molecule has 1 aliphatic rings. The number of benzene rings is 2. The number of halogens is 6. The van der Waals surface area contributed by atoms with E-state index >= 15 is 0 Å². The third-order valence-electron chi connectivity index (χ3n) is 6.56. The lowest BCUT2D eigenvalue weighted by Gasteiger charge is -2.39. The molecule has 1 aliphatic heterocycles. The van der Waals surface area contributed by atoms with Gasteiger partial charge in [-0.15, -0.1) is 26.3 Å². The molecule has 2 N–H and O–H groups in total. The fourth-order valence-electron chi connectivity index (χ4n) is 4.57. The minimum absolute atomic E-state index is 0.0235. The van der Waals surface area contributed by atoms with Gasteiger partial charge in [-0.1, -0.05) is 23.5 Å². The number of nitrogens with one attached hydrogen (secondary N) is 2. The Bertz CT molecular complexity index is 1900. The predicted molar refractivity (Wildman–Crippen MR) is 151 cm³/mol. The smallest absolute Gasteiger partial charge is 0.406 e. The second-order valence-electron chi connectivity index (χ2n) is 9.81. The number of alkyl halides is 6. The predicted octanol–water partition coefficient (Wildman–Crippen LogP) is 3.68. The average Bonchev–Trinajstić information content (AvgIpc) is 3.39. The van der Waals surface area contributed by atoms with Crippen LogP contribution in [0.3, 0.4) is 0 Å². The molecule has 5 rings (SSSR count). The number of piperazine rings is 1. The highest BCUT2D eigenvalue weighted by Gasteiger charge is 2.41. The third kappa shape index (κ3) is 7.68. The number of sulfonamides is 1. The van der Waals surface area contributed by atoms with Gasteiger partial charge in [0.05, 0.1) is 4.90 Å². The van der Waals surface area contributed by atoms with E-state index in [9.17, 15) is 44.3 Å². The first-order chi connectivity index (χ1) is 21.5. The quantitative estimate of drug-likeness (QED) is 0.264. The minimum atomic E-state index is -4.99. The molecule has 12 nitrogen and oxygen atoms in total. The number of ether oxygens (including phenoxy) is 2. The Morgan fingerprint density at radius 1 is 0.978 bits per heavy atom. The van der Waals surface area contributed by atoms with E-state index in [0.29, 0.717) is 16.5 Å². The van der Waals surface area contributed by atoms with Crippen molar-refractivity contribution < 1.29 is 49.0 Å². The number of anilines is 1. The standard InChI is InChI=1S/C26H22F6N6O6S2/c1-14-34-21-20(23(40)35-14)45-24(36-21)37-10-11-38(46(41,42)18-8-6-17(7-9-18)44-26(30,31)32)19(13-37)22(39)33-12-15-2-4-16(5-3-15)43-25(27,28)29/h2-9,19H,10-13H2,1H3,(H,33,39)(H,34,35,40)/t19-/m1/s1. The van der Waals surface area contributed by atoms with Gasteiger partial charge in [-0.05, 0) is 48.9 Å². The number of rotatable bonds is 8. The molecule has 0 spiro atoms. The normalized spacial score (nSPS) is 16.4. The molecule has 3 heterocycles. The number of thiazole rings is 1. The van der Waals surface area contributed by atoms with E-state index in [2.05, 4.69) is 29.7 Å². The van der Waals surface area contributed by atoms with Crippen molar-refractivity contribution in [2.75, 3.05) is 24.5 Å². The highest BCUT2D eigenvalue weighted by molar-refractivity contribution is 7.89. The molecule has 2 aromatic carbocycles. The molecule has 0 bridgehead atoms. The first-order valence-electron chi connectivity index (χ1n) is 13.1. The molecule has 4 aromatic rings. The molecule has 0 saturated carbocycles. The van der Waals surface area contributed by atoms with Crippen molar-refractivity contribution in [2.24, 2.45) is 0 Å². The van der Waals surface area contributed by atoms with E-state index < -0.39 is 56.7 Å². The Kier molecular flexibility index (Phi) is 8.88. The maximum absolute atomic E-state index is 13.7. The third-order valence-corrected chi connectivity index (χ3v) is 9.59. The molecule has 0 aliphatic carbocycles. The zero-order valence-electron chi connectivity index (χ0n) is 23.3. The summed E-state index contributed by atoms with van der Waals surface area (Å²) < 4.78 is 111. The van der Waals surface area contributed by atoms with Crippen molar-refractivity contribution in [3.05, 3.63) is 70.3 Å². The summed E-state index contributed by atoms with van der Waals surface area (Å²) in [6.07, 6.45) is -9.89. The summed E-state index contributed by atoms with van der Waals surface area (Å²) in [5, 5.41) is 2.87. The number of amides is 1. The molecule has 1 fully saturated rings. The average molecular weight is 693 g/mol. The molecule has 46 heavy (non-hydrogen) atoms. The zero-order chi connectivity index (χ0) is 33.4. The Labute approximate surface area is 259 Å². The number of aromatic nitrogens is 3. The van der Waals surface area contributed by atoms with Crippen LogP contribution >= 0.6 is 11.3 Å². The van der Waals surface area contributed by atoms with E-state index in [1.165, 1.54) is 12.1 Å². The van der Waals surface area contributed by atoms with Crippen LogP contribution in [0.1, 0.15) is 11.4 Å². The minimum Gasteiger partial charge on any atom is -0.406 e. The van der Waals surface area contributed by atoms with E-state index in [1.807, 2.05) is 0 Å². The summed E-state index contributed by atoms with van der Waals surface area (Å²) in [4.78, 5) is 38.2. The summed E-state index contributed by atoms with van der Waals surface area (Å²) in [6, 6.07) is 6.72. The SMILES string of the molecule is Cc1nc2nc(N3CCN(S(=O)(=O)c4ccc(OC(F)(F)F)cc4)[C@@H](C(=O)NCc4ccc(OC(F)(F)F)cc4)C3)sc2c(=O)[nH]1. The van der Waals surface area contributed by atoms with Crippen molar-refractivity contribution >= 4 is 42.7 Å². The summed E-state index contributed by atoms with van der Waals surface area (Å²) in [5.41, 5.74) is 0.111. The van der Waals surface area contributed by atoms with Crippen LogP contribution in [0.2, 0.25) is 0 Å². The molecule has 1 saturated heterocycles. The number of fused-ring (bicyclic) bond motifs is 1. The van der Waals surface area contributed by atoms with E-state index in [-0.39, 0.29) is 36.5 Å².